The molecule has 0 saturated carbocycles. The maximum Gasteiger partial charge on any atom is 0.496 e. The van der Waals surface area contributed by atoms with Gasteiger partial charge in [-0.3, -0.25) is 0 Å². The minimum absolute atomic E-state index is 0.00553. The predicted octanol–water partition coefficient (Wildman–Crippen LogP) is 30.9. The second kappa shape index (κ2) is 37.6. The second-order valence-corrected chi connectivity index (χ2v) is 40.5. The van der Waals surface area contributed by atoms with E-state index in [0.717, 1.165) is 116 Å². The average molecular weight is 1940 g/mol. The van der Waals surface area contributed by atoms with Crippen LogP contribution >= 0.6 is 34.8 Å². The molecule has 0 bridgehead atoms. The van der Waals surface area contributed by atoms with Crippen molar-refractivity contribution in [2.45, 2.75) is 116 Å². The van der Waals surface area contributed by atoms with Gasteiger partial charge in [-0.15, -0.1) is 0 Å². The highest BCUT2D eigenvalue weighted by Crippen LogP contribution is 2.54. The summed E-state index contributed by atoms with van der Waals surface area (Å²) in [6, 6.07) is 127. The van der Waals surface area contributed by atoms with Crippen LogP contribution in [0.3, 0.4) is 0 Å². The molecule has 0 atom stereocenters. The van der Waals surface area contributed by atoms with Gasteiger partial charge in [0.25, 0.3) is 0 Å². The quantitative estimate of drug-likeness (QED) is 0.111. The lowest BCUT2D eigenvalue weighted by Crippen LogP contribution is -2.41. The van der Waals surface area contributed by atoms with Crippen LogP contribution in [0, 0.1) is 0 Å². The van der Waals surface area contributed by atoms with Crippen LogP contribution in [0.2, 0.25) is 15.3 Å². The molecule has 144 heavy (non-hydrogen) atoms. The molecule has 704 valence electrons. The first-order valence-corrected chi connectivity index (χ1v) is 49.3. The van der Waals surface area contributed by atoms with Crippen LogP contribution in [-0.2, 0) is 29.4 Å². The SMILES string of the molecule is CC1(C)OB(c2ccc3c(oc4ccccc43)c2Cl)OC1(C)C.CC1(C)c2ccccc2-c2ccc(-c3c(-c4nc(-c5ccccc5)nc(-c5ccccc5)n4)ccc4c3oc3ccccc34)cc21.CC1(C)c2ccccc2-c2ccc(B3OC(C)(C)C(C)(C)O3)cc21.Clc1c(-c2nc(-c3ccccc3)nc(-c3ccccc3)n2)ccc2c1oc1ccccc12.Clc1nc(-c2ccccc2)nc(-c2ccccc2)n1. The molecule has 26 rings (SSSR count). The molecule has 22 aromatic rings. The number of fused-ring (bicyclic) bond motifs is 15. The summed E-state index contributed by atoms with van der Waals surface area (Å²) in [7, 11) is -0.801. The van der Waals surface area contributed by atoms with Gasteiger partial charge in [0, 0.05) is 98.7 Å². The van der Waals surface area contributed by atoms with Gasteiger partial charge in [-0.1, -0.05) is 378 Å². The third-order valence-corrected chi connectivity index (χ3v) is 29.5. The summed E-state index contributed by atoms with van der Waals surface area (Å²) in [6.07, 6.45) is 0. The molecule has 0 radical (unpaired) electrons. The van der Waals surface area contributed by atoms with Crippen molar-refractivity contribution in [2.75, 3.05) is 0 Å². The van der Waals surface area contributed by atoms with Crippen molar-refractivity contribution in [3.05, 3.63) is 414 Å². The maximum absolute atomic E-state index is 6.85. The van der Waals surface area contributed by atoms with E-state index in [2.05, 4.69) is 180 Å². The fraction of sp³-hybridized carbons (Fsp3) is 0.146. The second-order valence-electron chi connectivity index (χ2n) is 39.5. The Hall–Kier alpha value is -15.2. The Morgan fingerprint density at radius 3 is 0.917 bits per heavy atom. The van der Waals surface area contributed by atoms with Crippen molar-refractivity contribution in [1.29, 1.82) is 0 Å². The number of furan rings is 3. The first kappa shape index (κ1) is 93.7. The van der Waals surface area contributed by atoms with E-state index in [-0.39, 0.29) is 34.4 Å². The molecule has 16 nitrogen and oxygen atoms in total. The van der Waals surface area contributed by atoms with Crippen LogP contribution in [-0.4, -0.2) is 81.5 Å². The molecule has 0 unspecified atom stereocenters. The monoisotopic (exact) mass is 1940 g/mol. The zero-order valence-electron chi connectivity index (χ0n) is 81.5. The van der Waals surface area contributed by atoms with Gasteiger partial charge in [-0.2, -0.15) is 9.97 Å². The molecular formula is C123H98B2Cl3N9O7. The van der Waals surface area contributed by atoms with Crippen LogP contribution in [0.4, 0.5) is 0 Å². The molecular weight excluding hydrogens is 1840 g/mol. The van der Waals surface area contributed by atoms with Gasteiger partial charge in [0.05, 0.1) is 32.4 Å². The molecule has 6 aromatic heterocycles. The van der Waals surface area contributed by atoms with Gasteiger partial charge < -0.3 is 31.9 Å². The standard InChI is InChI=1S/C42H29N3O.C27H16ClN3O.C21H25BO2.C18H18BClO3.C15H10ClN3/c1-42(2)34-19-11-9-17-29(34)30-22-21-28(25-35(30)42)37-33(24-23-32-31-18-10-12-20-36(31)46-38(32)37)41-44-39(26-13-5-3-6-14-26)43-40(45-41)27-15-7-4-8-16-27;28-23-21(16-15-20-19-13-7-8-14-22(19)32-24(20)23)27-30-25(17-9-3-1-4-10-17)29-26(31-27)18-11-5-2-6-12-18;1-19(2)17-10-8-7-9-15(17)16-12-11-14(13-18(16)19)22-23-20(3,4)21(5,6)24-22;1-17(2)18(3,4)23-19(22-17)13-10-9-12-11-7-5-6-8-14(11)21-16(12)15(13)20;16-15-18-13(11-7-3-1-4-8-11)17-14(19-15)12-9-5-2-6-10-12/h3-25H,1-2H3;1-16H;7-13H,1-6H3;5-10H,1-4H3;1-10H. The largest absolute Gasteiger partial charge is 0.496 e. The molecule has 0 amide bonds. The van der Waals surface area contributed by atoms with E-state index >= 15 is 0 Å². The smallest absolute Gasteiger partial charge is 0.455 e. The number of hydrogen-bond acceptors (Lipinski definition) is 16. The number of aromatic nitrogens is 9. The molecule has 2 fully saturated rings. The first-order chi connectivity index (χ1) is 69.6. The molecule has 0 spiro atoms. The summed E-state index contributed by atoms with van der Waals surface area (Å²) in [5, 5.41) is 7.46. The molecule has 2 saturated heterocycles. The van der Waals surface area contributed by atoms with Gasteiger partial charge in [0.1, 0.15) is 22.3 Å². The summed E-state index contributed by atoms with van der Waals surface area (Å²) >= 11 is 19.5. The number of para-hydroxylation sites is 3. The van der Waals surface area contributed by atoms with Gasteiger partial charge in [0.15, 0.2) is 57.8 Å². The van der Waals surface area contributed by atoms with Crippen molar-refractivity contribution < 1.29 is 31.9 Å². The minimum Gasteiger partial charge on any atom is -0.455 e. The highest BCUT2D eigenvalue weighted by atomic mass is 35.5. The molecule has 2 aliphatic carbocycles. The van der Waals surface area contributed by atoms with Crippen molar-refractivity contribution in [3.63, 3.8) is 0 Å². The number of benzene rings is 16. The molecule has 8 heterocycles. The fourth-order valence-electron chi connectivity index (χ4n) is 19.5. The number of nitrogens with zero attached hydrogens (tertiary/aromatic N) is 9. The van der Waals surface area contributed by atoms with Crippen molar-refractivity contribution >= 4 is 126 Å². The summed E-state index contributed by atoms with van der Waals surface area (Å²) in [6.45, 7) is 25.7. The van der Waals surface area contributed by atoms with E-state index < -0.39 is 18.3 Å². The van der Waals surface area contributed by atoms with E-state index in [1.807, 2.05) is 295 Å². The van der Waals surface area contributed by atoms with Crippen molar-refractivity contribution in [3.8, 4) is 124 Å². The number of hydrogen-bond donors (Lipinski definition) is 0. The zero-order valence-corrected chi connectivity index (χ0v) is 83.7. The lowest BCUT2D eigenvalue weighted by molar-refractivity contribution is 0.00578. The van der Waals surface area contributed by atoms with Crippen LogP contribution < -0.4 is 10.9 Å². The van der Waals surface area contributed by atoms with Crippen LogP contribution in [0.25, 0.3) is 190 Å². The van der Waals surface area contributed by atoms with Gasteiger partial charge >= 0.3 is 14.2 Å². The fourth-order valence-corrected chi connectivity index (χ4v) is 20.2. The lowest BCUT2D eigenvalue weighted by atomic mass is 9.74. The third-order valence-electron chi connectivity index (χ3n) is 28.6. The van der Waals surface area contributed by atoms with Gasteiger partial charge in [-0.25, -0.2) is 34.9 Å². The highest BCUT2D eigenvalue weighted by Gasteiger charge is 2.54. The van der Waals surface area contributed by atoms with E-state index in [4.69, 9.17) is 96.6 Å². The Balaban J connectivity index is 0.000000107. The molecule has 2 aliphatic heterocycles. The van der Waals surface area contributed by atoms with Crippen LogP contribution in [0.15, 0.2) is 389 Å². The summed E-state index contributed by atoms with van der Waals surface area (Å²) in [5.41, 5.74) is 24.8. The Kier molecular flexibility index (Phi) is 24.5. The summed E-state index contributed by atoms with van der Waals surface area (Å²) in [4.78, 5) is 42.3. The minimum atomic E-state index is -0.495. The number of halogens is 3. The third kappa shape index (κ3) is 17.5. The summed E-state index contributed by atoms with van der Waals surface area (Å²) in [5.74, 6) is 4.72. The Labute approximate surface area is 850 Å². The average Bonchev–Trinajstić information content (AvgIpc) is 1.56. The Morgan fingerprint density at radius 1 is 0.215 bits per heavy atom. The van der Waals surface area contributed by atoms with Crippen LogP contribution in [0.5, 0.6) is 0 Å². The highest BCUT2D eigenvalue weighted by molar-refractivity contribution is 6.66. The van der Waals surface area contributed by atoms with Crippen LogP contribution in [0.1, 0.15) is 105 Å². The normalized spacial score (nSPS) is 15.0. The van der Waals surface area contributed by atoms with Gasteiger partial charge in [-0.05, 0) is 171 Å². The Morgan fingerprint density at radius 2 is 0.507 bits per heavy atom. The zero-order chi connectivity index (χ0) is 99.1. The summed E-state index contributed by atoms with van der Waals surface area (Å²) < 4.78 is 43.4. The topological polar surface area (TPSA) is 192 Å². The number of rotatable bonds is 11. The molecule has 4 aliphatic rings. The molecule has 16 aromatic carbocycles. The van der Waals surface area contributed by atoms with E-state index in [0.29, 0.717) is 73.4 Å². The Bertz CT molecular complexity index is 8460. The predicted molar refractivity (Wildman–Crippen MR) is 585 cm³/mol. The van der Waals surface area contributed by atoms with E-state index in [1.165, 1.54) is 44.5 Å². The molecule has 21 heteroatoms. The lowest BCUT2D eigenvalue weighted by Gasteiger charge is -2.32. The van der Waals surface area contributed by atoms with Crippen molar-refractivity contribution in [1.82, 2.24) is 44.9 Å². The molecule has 0 N–H and O–H groups in total. The van der Waals surface area contributed by atoms with Crippen molar-refractivity contribution in [2.24, 2.45) is 0 Å². The van der Waals surface area contributed by atoms with Gasteiger partial charge in [0.2, 0.25) is 5.28 Å². The maximum atomic E-state index is 6.85. The first-order valence-electron chi connectivity index (χ1n) is 48.2. The van der Waals surface area contributed by atoms with E-state index in [9.17, 15) is 0 Å². The van der Waals surface area contributed by atoms with E-state index in [1.54, 1.807) is 0 Å².